The van der Waals surface area contributed by atoms with E-state index in [-0.39, 0.29) is 17.0 Å². The number of hydrogen-bond donors (Lipinski definition) is 0. The molecule has 4 rings (SSSR count). The van der Waals surface area contributed by atoms with E-state index in [2.05, 4.69) is 110 Å². The molecular weight excluding hydrogens is 555 g/mol. The monoisotopic (exact) mass is 592 g/mol. The Labute approximate surface area is 239 Å². The highest BCUT2D eigenvalue weighted by atomic mass is 79.9. The zero-order valence-electron chi connectivity index (χ0n) is 22.6. The van der Waals surface area contributed by atoms with Crippen molar-refractivity contribution in [1.29, 1.82) is 0 Å². The molecule has 0 aliphatic heterocycles. The van der Waals surface area contributed by atoms with E-state index in [9.17, 15) is 0 Å². The van der Waals surface area contributed by atoms with Crippen LogP contribution < -0.4 is 47.1 Å². The Hall–Kier alpha value is -2.81. The van der Waals surface area contributed by atoms with Crippen molar-refractivity contribution in [2.24, 2.45) is 0 Å². The zero-order chi connectivity index (χ0) is 25.9. The van der Waals surface area contributed by atoms with Crippen LogP contribution in [-0.2, 0) is 6.16 Å². The van der Waals surface area contributed by atoms with Gasteiger partial charge in [0.25, 0.3) is 0 Å². The summed E-state index contributed by atoms with van der Waals surface area (Å²) >= 11 is 0. The lowest BCUT2D eigenvalue weighted by atomic mass is 10.2. The van der Waals surface area contributed by atoms with E-state index in [1.165, 1.54) is 28.8 Å². The van der Waals surface area contributed by atoms with Gasteiger partial charge in [0.1, 0.15) is 23.2 Å². The number of hydrogen-bond acceptors (Lipinski definition) is 3. The Morgan fingerprint density at radius 1 is 0.605 bits per heavy atom. The third kappa shape index (κ3) is 6.79. The van der Waals surface area contributed by atoms with E-state index in [1.807, 2.05) is 0 Å². The smallest absolute Gasteiger partial charge is 0.203 e. The standard InChI is InChI=1S/C33H38O3P.BrH/c1-4-5-6-16-23-36-33-31(34-2)24-27(25-32(33)35-3)26-37(28-17-10-7-11-18-28,29-19-12-8-13-20-29)30-21-14-9-15-22-30;/h7-15,17-22,24-25H,4-6,16,23,26H2,1-3H3;1H/q+1;/p-1. The van der Waals surface area contributed by atoms with Crippen LogP contribution in [0.25, 0.3) is 0 Å². The summed E-state index contributed by atoms with van der Waals surface area (Å²) in [6.07, 6.45) is 5.45. The molecule has 0 aliphatic carbocycles. The van der Waals surface area contributed by atoms with Gasteiger partial charge in [-0.25, -0.2) is 0 Å². The molecule has 0 unspecified atom stereocenters. The predicted molar refractivity (Wildman–Crippen MR) is 158 cm³/mol. The lowest BCUT2D eigenvalue weighted by Crippen LogP contribution is -3.00. The molecular formula is C33H38BrO3P. The second-order valence-corrected chi connectivity index (χ2v) is 12.7. The second-order valence-electron chi connectivity index (χ2n) is 9.21. The minimum Gasteiger partial charge on any atom is -1.00 e. The van der Waals surface area contributed by atoms with Crippen LogP contribution in [0.2, 0.25) is 0 Å². The number of ether oxygens (including phenoxy) is 3. The molecule has 4 aromatic rings. The number of unbranched alkanes of at least 4 members (excludes halogenated alkanes) is 3. The van der Waals surface area contributed by atoms with Crippen LogP contribution in [0.1, 0.15) is 38.2 Å². The maximum absolute atomic E-state index is 6.19. The van der Waals surface area contributed by atoms with Gasteiger partial charge in [-0.15, -0.1) is 0 Å². The third-order valence-electron chi connectivity index (χ3n) is 6.78. The van der Waals surface area contributed by atoms with Gasteiger partial charge in [0, 0.05) is 0 Å². The zero-order valence-corrected chi connectivity index (χ0v) is 25.1. The Kier molecular flexibility index (Phi) is 11.7. The van der Waals surface area contributed by atoms with E-state index in [4.69, 9.17) is 14.2 Å². The van der Waals surface area contributed by atoms with Crippen molar-refractivity contribution in [2.45, 2.75) is 38.8 Å². The summed E-state index contributed by atoms with van der Waals surface area (Å²) in [7, 11) is 1.37. The predicted octanol–water partition coefficient (Wildman–Crippen LogP) is 4.16. The van der Waals surface area contributed by atoms with Crippen molar-refractivity contribution >= 4 is 23.2 Å². The fourth-order valence-electron chi connectivity index (χ4n) is 4.91. The molecule has 0 saturated carbocycles. The lowest BCUT2D eigenvalue weighted by Gasteiger charge is -2.28. The molecule has 38 heavy (non-hydrogen) atoms. The molecule has 0 aromatic heterocycles. The summed E-state index contributed by atoms with van der Waals surface area (Å²) in [5.41, 5.74) is 1.16. The maximum atomic E-state index is 6.19. The largest absolute Gasteiger partial charge is 1.00 e. The average molecular weight is 594 g/mol. The van der Waals surface area contributed by atoms with Crippen molar-refractivity contribution in [3.8, 4) is 17.2 Å². The fourth-order valence-corrected chi connectivity index (χ4v) is 9.13. The molecule has 0 aliphatic rings. The molecule has 4 aromatic carbocycles. The number of rotatable bonds is 13. The summed E-state index contributed by atoms with van der Waals surface area (Å²) in [5, 5.41) is 4.05. The fraction of sp³-hybridized carbons (Fsp3) is 0.273. The van der Waals surface area contributed by atoms with Gasteiger partial charge in [0.05, 0.1) is 27.0 Å². The van der Waals surface area contributed by atoms with Crippen molar-refractivity contribution < 1.29 is 31.2 Å². The van der Waals surface area contributed by atoms with Gasteiger partial charge in [-0.05, 0) is 60.5 Å². The van der Waals surface area contributed by atoms with Crippen LogP contribution in [-0.4, -0.2) is 20.8 Å². The molecule has 0 amide bonds. The Bertz CT molecular complexity index is 1110. The molecule has 0 N–H and O–H groups in total. The maximum Gasteiger partial charge on any atom is 0.203 e. The quantitative estimate of drug-likeness (QED) is 0.172. The van der Waals surface area contributed by atoms with Crippen LogP contribution in [0.5, 0.6) is 17.2 Å². The van der Waals surface area contributed by atoms with Gasteiger partial charge in [-0.3, -0.25) is 0 Å². The SMILES string of the molecule is CCCCCCOc1c(OC)cc(C[P+](c2ccccc2)(c2ccccc2)c2ccccc2)cc1OC.[Br-]. The van der Waals surface area contributed by atoms with Crippen LogP contribution in [0, 0.1) is 0 Å². The minimum absolute atomic E-state index is 0. The van der Waals surface area contributed by atoms with Gasteiger partial charge in [-0.1, -0.05) is 80.8 Å². The molecule has 0 saturated heterocycles. The molecule has 5 heteroatoms. The first kappa shape index (κ1) is 29.7. The number of methoxy groups -OCH3 is 2. The van der Waals surface area contributed by atoms with Crippen LogP contribution in [0.3, 0.4) is 0 Å². The Balaban J connectivity index is 0.00000400. The molecule has 0 bridgehead atoms. The normalized spacial score (nSPS) is 10.9. The lowest BCUT2D eigenvalue weighted by molar-refractivity contribution is -0.00000834. The van der Waals surface area contributed by atoms with Gasteiger partial charge >= 0.3 is 0 Å². The van der Waals surface area contributed by atoms with Crippen molar-refractivity contribution in [2.75, 3.05) is 20.8 Å². The van der Waals surface area contributed by atoms with Crippen molar-refractivity contribution in [3.63, 3.8) is 0 Å². The topological polar surface area (TPSA) is 27.7 Å². The van der Waals surface area contributed by atoms with Crippen molar-refractivity contribution in [1.82, 2.24) is 0 Å². The summed E-state index contributed by atoms with van der Waals surface area (Å²) < 4.78 is 17.9. The highest BCUT2D eigenvalue weighted by Crippen LogP contribution is 2.59. The van der Waals surface area contributed by atoms with Crippen LogP contribution in [0.15, 0.2) is 103 Å². The molecule has 0 fully saturated rings. The number of halogens is 1. The summed E-state index contributed by atoms with van der Waals surface area (Å²) in [6.45, 7) is 2.87. The minimum atomic E-state index is -2.04. The van der Waals surface area contributed by atoms with Gasteiger partial charge in [0.15, 0.2) is 11.5 Å². The average Bonchev–Trinajstić information content (AvgIpc) is 2.97. The first-order valence-corrected chi connectivity index (χ1v) is 15.1. The Morgan fingerprint density at radius 2 is 1.05 bits per heavy atom. The molecule has 0 atom stereocenters. The van der Waals surface area contributed by atoms with E-state index in [0.29, 0.717) is 12.4 Å². The van der Waals surface area contributed by atoms with E-state index < -0.39 is 7.26 Å². The van der Waals surface area contributed by atoms with E-state index >= 15 is 0 Å². The van der Waals surface area contributed by atoms with E-state index in [0.717, 1.165) is 36.1 Å². The highest BCUT2D eigenvalue weighted by Gasteiger charge is 2.45. The van der Waals surface area contributed by atoms with Crippen LogP contribution in [0.4, 0.5) is 0 Å². The third-order valence-corrected chi connectivity index (χ3v) is 11.2. The van der Waals surface area contributed by atoms with Gasteiger partial charge in [-0.2, -0.15) is 0 Å². The molecule has 0 heterocycles. The molecule has 200 valence electrons. The van der Waals surface area contributed by atoms with Crippen LogP contribution >= 0.6 is 7.26 Å². The molecule has 3 nitrogen and oxygen atoms in total. The Morgan fingerprint density at radius 3 is 1.45 bits per heavy atom. The summed E-state index contributed by atoms with van der Waals surface area (Å²) in [6, 6.07) is 37.1. The molecule has 0 radical (unpaired) electrons. The van der Waals surface area contributed by atoms with E-state index in [1.54, 1.807) is 14.2 Å². The van der Waals surface area contributed by atoms with Crippen molar-refractivity contribution in [3.05, 3.63) is 109 Å². The number of benzene rings is 4. The first-order chi connectivity index (χ1) is 18.2. The second kappa shape index (κ2) is 15.0. The van der Waals surface area contributed by atoms with Gasteiger partial charge < -0.3 is 31.2 Å². The molecule has 0 spiro atoms. The summed E-state index contributed by atoms with van der Waals surface area (Å²) in [5.74, 6) is 2.13. The highest BCUT2D eigenvalue weighted by molar-refractivity contribution is 7.95. The summed E-state index contributed by atoms with van der Waals surface area (Å²) in [4.78, 5) is 0. The first-order valence-electron chi connectivity index (χ1n) is 13.2. The van der Waals surface area contributed by atoms with Gasteiger partial charge in [0.2, 0.25) is 5.75 Å².